The van der Waals surface area contributed by atoms with Gasteiger partial charge in [-0.3, -0.25) is 15.1 Å². The van der Waals surface area contributed by atoms with Gasteiger partial charge in [0, 0.05) is 18.7 Å². The largest absolute Gasteiger partial charge is 0.478 e. The van der Waals surface area contributed by atoms with E-state index in [-0.39, 0.29) is 11.4 Å². The van der Waals surface area contributed by atoms with Gasteiger partial charge in [0.1, 0.15) is 5.69 Å². The summed E-state index contributed by atoms with van der Waals surface area (Å²) in [7, 11) is 1.56. The number of aliphatic imine (C=N–C) groups is 1. The zero-order chi connectivity index (χ0) is 12.1. The molecule has 86 valence electrons. The highest BCUT2D eigenvalue weighted by atomic mass is 16.6. The molecule has 6 nitrogen and oxygen atoms in total. The Hall–Kier alpha value is -2.11. The third-order valence-electron chi connectivity index (χ3n) is 1.96. The fraction of sp³-hybridized carbons (Fsp3) is 0.300. The van der Waals surface area contributed by atoms with Crippen LogP contribution in [0, 0.1) is 10.1 Å². The molecule has 0 fully saturated rings. The molecule has 0 bridgehead atoms. The van der Waals surface area contributed by atoms with Gasteiger partial charge in [0.15, 0.2) is 0 Å². The number of anilines is 1. The van der Waals surface area contributed by atoms with Crippen molar-refractivity contribution in [1.82, 2.24) is 0 Å². The van der Waals surface area contributed by atoms with Gasteiger partial charge in [-0.05, 0) is 19.1 Å². The number of nitro groups is 1. The lowest BCUT2D eigenvalue weighted by atomic mass is 10.1. The standard InChI is InChI=1S/C10H13N3O3/c1-3-16-10(12-2)7-4-5-8(11)9(6-7)13(14)15/h4-6H,3,11H2,1-2H3. The Labute approximate surface area is 92.9 Å². The highest BCUT2D eigenvalue weighted by Gasteiger charge is 2.14. The summed E-state index contributed by atoms with van der Waals surface area (Å²) in [5.74, 6) is 0.366. The van der Waals surface area contributed by atoms with Crippen LogP contribution in [0.5, 0.6) is 0 Å². The highest BCUT2D eigenvalue weighted by Crippen LogP contribution is 2.22. The molecular formula is C10H13N3O3. The van der Waals surface area contributed by atoms with E-state index in [2.05, 4.69) is 4.99 Å². The van der Waals surface area contributed by atoms with Gasteiger partial charge in [-0.25, -0.2) is 0 Å². The van der Waals surface area contributed by atoms with Crippen LogP contribution in [0.4, 0.5) is 11.4 Å². The number of nitrogens with zero attached hydrogens (tertiary/aromatic N) is 2. The second kappa shape index (κ2) is 5.11. The molecule has 6 heteroatoms. The Morgan fingerprint density at radius 1 is 1.62 bits per heavy atom. The van der Waals surface area contributed by atoms with E-state index in [1.165, 1.54) is 12.1 Å². The van der Waals surface area contributed by atoms with Gasteiger partial charge in [0.2, 0.25) is 5.90 Å². The SMILES string of the molecule is CCOC(=NC)c1ccc(N)c([N+](=O)[O-])c1. The van der Waals surface area contributed by atoms with Crippen molar-refractivity contribution in [3.8, 4) is 0 Å². The number of hydrogen-bond donors (Lipinski definition) is 1. The van der Waals surface area contributed by atoms with Crippen molar-refractivity contribution in [2.45, 2.75) is 6.92 Å². The quantitative estimate of drug-likeness (QED) is 0.277. The first-order valence-corrected chi connectivity index (χ1v) is 4.74. The molecule has 1 aromatic rings. The van der Waals surface area contributed by atoms with Gasteiger partial charge >= 0.3 is 0 Å². The van der Waals surface area contributed by atoms with Crippen molar-refractivity contribution in [2.24, 2.45) is 4.99 Å². The van der Waals surface area contributed by atoms with Crippen LogP contribution in [0.3, 0.4) is 0 Å². The van der Waals surface area contributed by atoms with E-state index in [9.17, 15) is 10.1 Å². The minimum atomic E-state index is -0.530. The maximum Gasteiger partial charge on any atom is 0.292 e. The Bertz CT molecular complexity index is 429. The Kier molecular flexibility index (Phi) is 3.82. The molecular weight excluding hydrogens is 210 g/mol. The molecule has 1 aromatic carbocycles. The van der Waals surface area contributed by atoms with Gasteiger partial charge in [0.25, 0.3) is 5.69 Å². The van der Waals surface area contributed by atoms with Crippen LogP contribution in [0.15, 0.2) is 23.2 Å². The van der Waals surface area contributed by atoms with Crippen LogP contribution >= 0.6 is 0 Å². The molecule has 0 radical (unpaired) electrons. The number of benzene rings is 1. The molecule has 2 N–H and O–H groups in total. The summed E-state index contributed by atoms with van der Waals surface area (Å²) in [6, 6.07) is 4.46. The van der Waals surface area contributed by atoms with Gasteiger partial charge in [-0.2, -0.15) is 0 Å². The predicted octanol–water partition coefficient (Wildman–Crippen LogP) is 1.59. The Morgan fingerprint density at radius 2 is 2.31 bits per heavy atom. The summed E-state index contributed by atoms with van der Waals surface area (Å²) in [6.45, 7) is 2.27. The van der Waals surface area contributed by atoms with E-state index in [0.29, 0.717) is 18.1 Å². The highest BCUT2D eigenvalue weighted by molar-refractivity contribution is 5.95. The summed E-state index contributed by atoms with van der Waals surface area (Å²) in [6.07, 6.45) is 0. The van der Waals surface area contributed by atoms with Gasteiger partial charge in [0.05, 0.1) is 11.5 Å². The molecule has 0 atom stereocenters. The molecule has 0 aliphatic rings. The van der Waals surface area contributed by atoms with E-state index >= 15 is 0 Å². The van der Waals surface area contributed by atoms with E-state index in [1.54, 1.807) is 13.1 Å². The minimum absolute atomic E-state index is 0.126. The van der Waals surface area contributed by atoms with Gasteiger partial charge in [-0.1, -0.05) is 0 Å². The topological polar surface area (TPSA) is 90.8 Å². The van der Waals surface area contributed by atoms with Crippen LogP contribution in [-0.4, -0.2) is 24.5 Å². The summed E-state index contributed by atoms with van der Waals surface area (Å²) in [5.41, 5.74) is 6.02. The van der Waals surface area contributed by atoms with Gasteiger partial charge in [-0.15, -0.1) is 0 Å². The first-order chi connectivity index (χ1) is 7.60. The van der Waals surface area contributed by atoms with Crippen molar-refractivity contribution < 1.29 is 9.66 Å². The van der Waals surface area contributed by atoms with Crippen molar-refractivity contribution >= 4 is 17.3 Å². The van der Waals surface area contributed by atoms with Crippen LogP contribution in [0.25, 0.3) is 0 Å². The van der Waals surface area contributed by atoms with Crippen molar-refractivity contribution in [3.05, 3.63) is 33.9 Å². The van der Waals surface area contributed by atoms with E-state index < -0.39 is 4.92 Å². The molecule has 0 amide bonds. The molecule has 1 rings (SSSR count). The Morgan fingerprint density at radius 3 is 2.81 bits per heavy atom. The summed E-state index contributed by atoms with van der Waals surface area (Å²) in [4.78, 5) is 14.1. The second-order valence-corrected chi connectivity index (χ2v) is 2.99. The van der Waals surface area contributed by atoms with Crippen molar-refractivity contribution in [3.63, 3.8) is 0 Å². The number of nitro benzene ring substituents is 1. The van der Waals surface area contributed by atoms with E-state index in [4.69, 9.17) is 10.5 Å². The zero-order valence-electron chi connectivity index (χ0n) is 9.14. The fourth-order valence-electron chi connectivity index (χ4n) is 1.25. The van der Waals surface area contributed by atoms with Crippen LogP contribution in [0.2, 0.25) is 0 Å². The van der Waals surface area contributed by atoms with Crippen LogP contribution < -0.4 is 5.73 Å². The first kappa shape index (κ1) is 12.0. The molecule has 0 heterocycles. The van der Waals surface area contributed by atoms with E-state index in [0.717, 1.165) is 0 Å². The lowest BCUT2D eigenvalue weighted by Gasteiger charge is -2.06. The van der Waals surface area contributed by atoms with E-state index in [1.807, 2.05) is 6.92 Å². The third kappa shape index (κ3) is 2.47. The molecule has 0 saturated carbocycles. The molecule has 0 saturated heterocycles. The number of ether oxygens (including phenoxy) is 1. The Balaban J connectivity index is 3.16. The maximum atomic E-state index is 10.7. The maximum absolute atomic E-state index is 10.7. The number of nitrogen functional groups attached to an aromatic ring is 1. The lowest BCUT2D eigenvalue weighted by molar-refractivity contribution is -0.383. The number of rotatable bonds is 3. The van der Waals surface area contributed by atoms with Crippen LogP contribution in [-0.2, 0) is 4.74 Å². The van der Waals surface area contributed by atoms with Crippen LogP contribution in [0.1, 0.15) is 12.5 Å². The fourth-order valence-corrected chi connectivity index (χ4v) is 1.25. The predicted molar refractivity (Wildman–Crippen MR) is 61.6 cm³/mol. The molecule has 0 aromatic heterocycles. The van der Waals surface area contributed by atoms with Gasteiger partial charge < -0.3 is 10.5 Å². The molecule has 0 aliphatic carbocycles. The zero-order valence-corrected chi connectivity index (χ0v) is 9.14. The summed E-state index contributed by atoms with van der Waals surface area (Å²) in [5, 5.41) is 10.7. The second-order valence-electron chi connectivity index (χ2n) is 2.99. The molecule has 0 unspecified atom stereocenters. The van der Waals surface area contributed by atoms with Crippen molar-refractivity contribution in [2.75, 3.05) is 19.4 Å². The normalized spacial score (nSPS) is 11.2. The molecule has 16 heavy (non-hydrogen) atoms. The number of hydrogen-bond acceptors (Lipinski definition) is 5. The first-order valence-electron chi connectivity index (χ1n) is 4.74. The lowest BCUT2D eigenvalue weighted by Crippen LogP contribution is -2.07. The monoisotopic (exact) mass is 223 g/mol. The average molecular weight is 223 g/mol. The van der Waals surface area contributed by atoms with Crippen molar-refractivity contribution in [1.29, 1.82) is 0 Å². The molecule has 0 aliphatic heterocycles. The smallest absolute Gasteiger partial charge is 0.292 e. The average Bonchev–Trinajstić information content (AvgIpc) is 2.26. The third-order valence-corrected chi connectivity index (χ3v) is 1.96. The minimum Gasteiger partial charge on any atom is -0.478 e. The summed E-state index contributed by atoms with van der Waals surface area (Å²) >= 11 is 0. The molecule has 0 spiro atoms. The number of nitrogens with two attached hydrogens (primary N) is 1. The summed E-state index contributed by atoms with van der Waals surface area (Å²) < 4.78 is 5.24.